The van der Waals surface area contributed by atoms with Gasteiger partial charge in [0.05, 0.1) is 0 Å². The van der Waals surface area contributed by atoms with Crippen molar-refractivity contribution >= 4 is 17.9 Å². The minimum atomic E-state index is -0.791. The van der Waals surface area contributed by atoms with Gasteiger partial charge in [-0.15, -0.1) is 0 Å². The van der Waals surface area contributed by atoms with Gasteiger partial charge in [-0.25, -0.2) is 0 Å². The highest BCUT2D eigenvalue weighted by Crippen LogP contribution is 2.15. The van der Waals surface area contributed by atoms with E-state index in [2.05, 4.69) is 154 Å². The Morgan fingerprint density at radius 3 is 0.795 bits per heavy atom. The van der Waals surface area contributed by atoms with Crippen molar-refractivity contribution in [1.82, 2.24) is 0 Å². The summed E-state index contributed by atoms with van der Waals surface area (Å²) in [4.78, 5) is 38.1. The van der Waals surface area contributed by atoms with Crippen LogP contribution < -0.4 is 0 Å². The van der Waals surface area contributed by atoms with E-state index in [1.807, 2.05) is 0 Å². The van der Waals surface area contributed by atoms with Gasteiger partial charge in [-0.3, -0.25) is 14.4 Å². The second-order valence-electron chi connectivity index (χ2n) is 20.9. The summed E-state index contributed by atoms with van der Waals surface area (Å²) < 4.78 is 16.8. The van der Waals surface area contributed by atoms with Crippen LogP contribution in [0.4, 0.5) is 0 Å². The number of carbonyl (C=O) groups excluding carboxylic acids is 3. The summed E-state index contributed by atoms with van der Waals surface area (Å²) in [7, 11) is 0. The first-order chi connectivity index (χ1) is 38.5. The van der Waals surface area contributed by atoms with E-state index < -0.39 is 6.10 Å². The van der Waals surface area contributed by atoms with Gasteiger partial charge >= 0.3 is 17.9 Å². The number of esters is 3. The summed E-state index contributed by atoms with van der Waals surface area (Å²) in [5.41, 5.74) is 0. The van der Waals surface area contributed by atoms with Gasteiger partial charge in [0, 0.05) is 19.3 Å². The van der Waals surface area contributed by atoms with E-state index in [0.717, 1.165) is 148 Å². The molecule has 78 heavy (non-hydrogen) atoms. The van der Waals surface area contributed by atoms with Gasteiger partial charge in [-0.2, -0.15) is 0 Å². The number of allylic oxidation sites excluding steroid dienone is 22. The third-order valence-electron chi connectivity index (χ3n) is 13.4. The summed E-state index contributed by atoms with van der Waals surface area (Å²) in [6.45, 7) is 6.47. The van der Waals surface area contributed by atoms with E-state index >= 15 is 0 Å². The SMILES string of the molecule is CC/C=C\C/C=C\C/C=C\C/C=C\C/C=C\C/C=C\C/C=C\C/C=C\C/C=C\CCCCCCCCCC(=O)OCC(COC(=O)CCCCCCCCCCC)OC(=O)CCCCCCC/C=C\C/C=C\CCCCCC. The topological polar surface area (TPSA) is 78.9 Å². The molecule has 0 aliphatic carbocycles. The number of carbonyl (C=O) groups is 3. The van der Waals surface area contributed by atoms with E-state index in [9.17, 15) is 14.4 Å². The first kappa shape index (κ1) is 73.5. The standard InChI is InChI=1S/C72H118O6/c1-4-7-10-13-16-19-21-23-25-27-28-29-30-31-32-33-34-35-36-37-38-39-40-41-42-43-44-45-47-48-50-53-56-59-62-65-71(74)77-68-69(67-76-70(73)64-61-58-55-52-18-15-12-9-6-3)78-72(75)66-63-60-57-54-51-49-46-26-24-22-20-17-14-11-8-5-2/h7,10,16,19-20,22-23,25-26,28-29,31-32,34-35,37-38,40-41,43-44,46,69H,4-6,8-9,11-15,17-18,21,24,27,30,33,36,39,42,45,47-68H2,1-3H3/b10-7-,19-16-,22-20-,25-23-,29-28-,32-31-,35-34-,38-37-,41-40-,44-43-,46-26-. The van der Waals surface area contributed by atoms with Crippen molar-refractivity contribution in [3.8, 4) is 0 Å². The zero-order chi connectivity index (χ0) is 56.4. The second kappa shape index (κ2) is 65.1. The monoisotopic (exact) mass is 1080 g/mol. The summed E-state index contributed by atoms with van der Waals surface area (Å²) in [6, 6.07) is 0. The first-order valence-electron chi connectivity index (χ1n) is 32.2. The lowest BCUT2D eigenvalue weighted by Gasteiger charge is -2.18. The third-order valence-corrected chi connectivity index (χ3v) is 13.4. The number of hydrogen-bond acceptors (Lipinski definition) is 6. The van der Waals surface area contributed by atoms with Crippen LogP contribution in [0.1, 0.15) is 284 Å². The van der Waals surface area contributed by atoms with E-state index in [4.69, 9.17) is 14.2 Å². The predicted octanol–water partition coefficient (Wildman–Crippen LogP) is 22.2. The van der Waals surface area contributed by atoms with Crippen LogP contribution in [-0.4, -0.2) is 37.2 Å². The smallest absolute Gasteiger partial charge is 0.306 e. The van der Waals surface area contributed by atoms with Crippen LogP contribution >= 0.6 is 0 Å². The van der Waals surface area contributed by atoms with Gasteiger partial charge in [0.1, 0.15) is 13.2 Å². The Kier molecular flexibility index (Phi) is 61.4. The molecular formula is C72H118O6. The maximum Gasteiger partial charge on any atom is 0.306 e. The van der Waals surface area contributed by atoms with E-state index in [-0.39, 0.29) is 31.1 Å². The fourth-order valence-corrected chi connectivity index (χ4v) is 8.58. The van der Waals surface area contributed by atoms with Crippen molar-refractivity contribution in [2.45, 2.75) is 290 Å². The average Bonchev–Trinajstić information content (AvgIpc) is 3.44. The van der Waals surface area contributed by atoms with Crippen LogP contribution in [0.15, 0.2) is 134 Å². The number of hydrogen-bond donors (Lipinski definition) is 0. The van der Waals surface area contributed by atoms with Crippen molar-refractivity contribution < 1.29 is 28.6 Å². The van der Waals surface area contributed by atoms with Crippen molar-refractivity contribution in [2.24, 2.45) is 0 Å². The van der Waals surface area contributed by atoms with Gasteiger partial charge < -0.3 is 14.2 Å². The van der Waals surface area contributed by atoms with Crippen LogP contribution in [-0.2, 0) is 28.6 Å². The molecule has 0 aromatic rings. The molecule has 0 aliphatic rings. The zero-order valence-electron chi connectivity index (χ0n) is 50.6. The largest absolute Gasteiger partial charge is 0.462 e. The molecule has 0 amide bonds. The minimum Gasteiger partial charge on any atom is -0.462 e. The van der Waals surface area contributed by atoms with E-state index in [0.29, 0.717) is 19.3 Å². The Morgan fingerprint density at radius 2 is 0.500 bits per heavy atom. The maximum atomic E-state index is 12.8. The highest BCUT2D eigenvalue weighted by atomic mass is 16.6. The van der Waals surface area contributed by atoms with Crippen molar-refractivity contribution in [1.29, 1.82) is 0 Å². The van der Waals surface area contributed by atoms with Crippen LogP contribution in [0.3, 0.4) is 0 Å². The Balaban J connectivity index is 4.21. The molecule has 1 unspecified atom stereocenters. The van der Waals surface area contributed by atoms with Crippen molar-refractivity contribution in [2.75, 3.05) is 13.2 Å². The molecule has 6 nitrogen and oxygen atoms in total. The van der Waals surface area contributed by atoms with E-state index in [1.54, 1.807) is 0 Å². The van der Waals surface area contributed by atoms with Gasteiger partial charge in [-0.05, 0) is 122 Å². The average molecular weight is 1080 g/mol. The van der Waals surface area contributed by atoms with E-state index in [1.165, 1.54) is 96.3 Å². The molecule has 0 fully saturated rings. The Labute approximate surface area is 481 Å². The Hall–Kier alpha value is -4.45. The van der Waals surface area contributed by atoms with Gasteiger partial charge in [0.25, 0.3) is 0 Å². The summed E-state index contributed by atoms with van der Waals surface area (Å²) >= 11 is 0. The molecule has 0 aromatic heterocycles. The fraction of sp³-hybridized carbons (Fsp3) is 0.653. The minimum absolute atomic E-state index is 0.0878. The molecule has 1 atom stereocenters. The zero-order valence-corrected chi connectivity index (χ0v) is 50.6. The van der Waals surface area contributed by atoms with Crippen LogP contribution in [0.2, 0.25) is 0 Å². The first-order valence-corrected chi connectivity index (χ1v) is 32.2. The highest BCUT2D eigenvalue weighted by molar-refractivity contribution is 5.71. The van der Waals surface area contributed by atoms with Crippen molar-refractivity contribution in [3.63, 3.8) is 0 Å². The maximum absolute atomic E-state index is 12.8. The van der Waals surface area contributed by atoms with Crippen LogP contribution in [0, 0.1) is 0 Å². The molecular weight excluding hydrogens is 961 g/mol. The Bertz CT molecular complexity index is 1670. The molecule has 0 saturated heterocycles. The third kappa shape index (κ3) is 62.4. The molecule has 6 heteroatoms. The summed E-state index contributed by atoms with van der Waals surface area (Å²) in [6.07, 6.45) is 91.8. The molecule has 0 saturated carbocycles. The molecule has 0 aliphatic heterocycles. The number of rotatable bonds is 57. The lowest BCUT2D eigenvalue weighted by atomic mass is 10.1. The molecule has 0 heterocycles. The predicted molar refractivity (Wildman–Crippen MR) is 339 cm³/mol. The second-order valence-corrected chi connectivity index (χ2v) is 20.9. The quantitative estimate of drug-likeness (QED) is 0.0261. The normalized spacial score (nSPS) is 13.0. The number of unbranched alkanes of at least 4 members (excludes halogenated alkanes) is 24. The summed E-state index contributed by atoms with van der Waals surface area (Å²) in [5, 5.41) is 0. The summed E-state index contributed by atoms with van der Waals surface area (Å²) in [5.74, 6) is -0.915. The van der Waals surface area contributed by atoms with Crippen LogP contribution in [0.5, 0.6) is 0 Å². The van der Waals surface area contributed by atoms with Crippen LogP contribution in [0.25, 0.3) is 0 Å². The fourth-order valence-electron chi connectivity index (χ4n) is 8.58. The molecule has 442 valence electrons. The molecule has 0 radical (unpaired) electrons. The molecule has 0 N–H and O–H groups in total. The Morgan fingerprint density at radius 1 is 0.269 bits per heavy atom. The number of ether oxygens (including phenoxy) is 3. The lowest BCUT2D eigenvalue weighted by molar-refractivity contribution is -0.167. The molecule has 0 rings (SSSR count). The lowest BCUT2D eigenvalue weighted by Crippen LogP contribution is -2.30. The molecule has 0 aromatic carbocycles. The van der Waals surface area contributed by atoms with Gasteiger partial charge in [0.15, 0.2) is 6.10 Å². The molecule has 0 spiro atoms. The van der Waals surface area contributed by atoms with Crippen molar-refractivity contribution in [3.05, 3.63) is 134 Å². The van der Waals surface area contributed by atoms with Gasteiger partial charge in [0.2, 0.25) is 0 Å². The van der Waals surface area contributed by atoms with Gasteiger partial charge in [-0.1, -0.05) is 276 Å². The highest BCUT2D eigenvalue weighted by Gasteiger charge is 2.19. The molecule has 0 bridgehead atoms.